The van der Waals surface area contributed by atoms with Crippen LogP contribution in [0, 0.1) is 0 Å². The zero-order chi connectivity index (χ0) is 19.6. The molecule has 148 valence electrons. The van der Waals surface area contributed by atoms with Gasteiger partial charge in [-0.3, -0.25) is 9.58 Å². The van der Waals surface area contributed by atoms with Crippen LogP contribution in [-0.2, 0) is 22.9 Å². The number of tetrazole rings is 1. The van der Waals surface area contributed by atoms with Crippen molar-refractivity contribution in [3.05, 3.63) is 42.5 Å². The molecule has 3 aromatic rings. The highest BCUT2D eigenvalue weighted by atomic mass is 32.2. The number of benzene rings is 1. The Bertz CT molecular complexity index is 1010. The fourth-order valence-corrected chi connectivity index (χ4v) is 4.17. The van der Waals surface area contributed by atoms with Crippen LogP contribution < -0.4 is 0 Å². The summed E-state index contributed by atoms with van der Waals surface area (Å²) in [5.74, 6) is 0.720. The van der Waals surface area contributed by atoms with Gasteiger partial charge in [0.25, 0.3) is 0 Å². The molecular formula is C17H22N8O2S. The molecule has 1 aliphatic rings. The number of rotatable bonds is 6. The van der Waals surface area contributed by atoms with Crippen molar-refractivity contribution in [2.45, 2.75) is 43.3 Å². The molecular weight excluding hydrogens is 380 g/mol. The second kappa shape index (κ2) is 7.76. The predicted molar refractivity (Wildman–Crippen MR) is 100 cm³/mol. The Morgan fingerprint density at radius 2 is 1.96 bits per heavy atom. The number of nitrogens with zero attached hydrogens (tertiary/aromatic N) is 8. The minimum atomic E-state index is -3.24. The summed E-state index contributed by atoms with van der Waals surface area (Å²) in [6.45, 7) is 2.37. The Labute approximate surface area is 163 Å². The zero-order valence-corrected chi connectivity index (χ0v) is 16.4. The number of hydrogen-bond acceptors (Lipinski definition) is 8. The summed E-state index contributed by atoms with van der Waals surface area (Å²) in [6, 6.07) is 6.93. The van der Waals surface area contributed by atoms with Crippen LogP contribution in [0.1, 0.15) is 25.1 Å². The van der Waals surface area contributed by atoms with Crippen LogP contribution in [0.15, 0.2) is 41.6 Å². The lowest BCUT2D eigenvalue weighted by Gasteiger charge is -2.35. The topological polar surface area (TPSA) is 112 Å². The summed E-state index contributed by atoms with van der Waals surface area (Å²) < 4.78 is 26.8. The minimum absolute atomic E-state index is 0.273. The van der Waals surface area contributed by atoms with Crippen LogP contribution in [0.25, 0.3) is 5.69 Å². The molecule has 1 saturated heterocycles. The molecule has 0 unspecified atom stereocenters. The molecule has 0 bridgehead atoms. The maximum Gasteiger partial charge on any atom is 0.175 e. The summed E-state index contributed by atoms with van der Waals surface area (Å²) in [4.78, 5) is 2.65. The SMILES string of the molecule is CS(=O)(=O)c1ccc(-n2nnnc2CN2CCCC[C@@H]2Cn2ccnn2)cc1. The van der Waals surface area contributed by atoms with Crippen LogP contribution in [0.4, 0.5) is 0 Å². The van der Waals surface area contributed by atoms with E-state index in [0.29, 0.717) is 12.6 Å². The van der Waals surface area contributed by atoms with E-state index < -0.39 is 9.84 Å². The first-order chi connectivity index (χ1) is 13.5. The summed E-state index contributed by atoms with van der Waals surface area (Å²) in [5.41, 5.74) is 0.734. The molecule has 10 nitrogen and oxygen atoms in total. The molecule has 0 amide bonds. The molecule has 1 aliphatic heterocycles. The summed E-state index contributed by atoms with van der Waals surface area (Å²) >= 11 is 0. The Kier molecular flexibility index (Phi) is 5.18. The second-order valence-corrected chi connectivity index (χ2v) is 9.03. The van der Waals surface area contributed by atoms with E-state index in [2.05, 4.69) is 30.7 Å². The van der Waals surface area contributed by atoms with Gasteiger partial charge in [-0.05, 0) is 54.1 Å². The second-order valence-electron chi connectivity index (χ2n) is 7.02. The lowest BCUT2D eigenvalue weighted by molar-refractivity contribution is 0.117. The highest BCUT2D eigenvalue weighted by Crippen LogP contribution is 2.21. The van der Waals surface area contributed by atoms with Gasteiger partial charge >= 0.3 is 0 Å². The molecule has 0 saturated carbocycles. The van der Waals surface area contributed by atoms with Gasteiger partial charge in [-0.15, -0.1) is 10.2 Å². The van der Waals surface area contributed by atoms with Crippen molar-refractivity contribution in [3.8, 4) is 5.69 Å². The average Bonchev–Trinajstić information content (AvgIpc) is 3.35. The third-order valence-corrected chi connectivity index (χ3v) is 6.14. The van der Waals surface area contributed by atoms with Crippen LogP contribution in [0.5, 0.6) is 0 Å². The van der Waals surface area contributed by atoms with Gasteiger partial charge in [-0.25, -0.2) is 8.42 Å². The summed E-state index contributed by atoms with van der Waals surface area (Å²) in [7, 11) is -3.24. The van der Waals surface area contributed by atoms with Crippen LogP contribution in [-0.4, -0.2) is 67.4 Å². The first kappa shape index (κ1) is 18.7. The molecule has 11 heteroatoms. The molecule has 0 spiro atoms. The smallest absolute Gasteiger partial charge is 0.175 e. The number of aromatic nitrogens is 7. The van der Waals surface area contributed by atoms with Crippen molar-refractivity contribution < 1.29 is 8.42 Å². The number of piperidine rings is 1. The number of likely N-dealkylation sites (tertiary alicyclic amines) is 1. The highest BCUT2D eigenvalue weighted by Gasteiger charge is 2.25. The zero-order valence-electron chi connectivity index (χ0n) is 15.6. The van der Waals surface area contributed by atoms with E-state index in [-0.39, 0.29) is 4.90 Å². The Morgan fingerprint density at radius 1 is 1.14 bits per heavy atom. The van der Waals surface area contributed by atoms with Crippen molar-refractivity contribution in [1.29, 1.82) is 0 Å². The molecule has 2 aromatic heterocycles. The lowest BCUT2D eigenvalue weighted by Crippen LogP contribution is -2.42. The molecule has 4 rings (SSSR count). The quantitative estimate of drug-likeness (QED) is 0.593. The van der Waals surface area contributed by atoms with Gasteiger partial charge in [-0.1, -0.05) is 11.6 Å². The van der Waals surface area contributed by atoms with E-state index in [4.69, 9.17) is 0 Å². The van der Waals surface area contributed by atoms with Crippen molar-refractivity contribution in [2.24, 2.45) is 0 Å². The lowest BCUT2D eigenvalue weighted by atomic mass is 10.0. The number of hydrogen-bond donors (Lipinski definition) is 0. The van der Waals surface area contributed by atoms with E-state index in [1.807, 2.05) is 10.9 Å². The number of sulfone groups is 1. The predicted octanol–water partition coefficient (Wildman–Crippen LogP) is 0.712. The average molecular weight is 402 g/mol. The van der Waals surface area contributed by atoms with Gasteiger partial charge in [0.15, 0.2) is 15.7 Å². The molecule has 3 heterocycles. The van der Waals surface area contributed by atoms with E-state index in [1.54, 1.807) is 35.1 Å². The van der Waals surface area contributed by atoms with Gasteiger partial charge in [-0.2, -0.15) is 4.68 Å². The van der Waals surface area contributed by atoms with Crippen molar-refractivity contribution in [2.75, 3.05) is 12.8 Å². The van der Waals surface area contributed by atoms with Gasteiger partial charge < -0.3 is 0 Å². The van der Waals surface area contributed by atoms with E-state index in [0.717, 1.165) is 37.4 Å². The maximum atomic E-state index is 11.7. The summed E-state index contributed by atoms with van der Waals surface area (Å²) in [5, 5.41) is 20.1. The van der Waals surface area contributed by atoms with Crippen molar-refractivity contribution in [3.63, 3.8) is 0 Å². The molecule has 0 radical (unpaired) electrons. The van der Waals surface area contributed by atoms with Gasteiger partial charge in [0.2, 0.25) is 0 Å². The Morgan fingerprint density at radius 3 is 2.68 bits per heavy atom. The van der Waals surface area contributed by atoms with Crippen molar-refractivity contribution >= 4 is 9.84 Å². The minimum Gasteiger partial charge on any atom is -0.291 e. The molecule has 28 heavy (non-hydrogen) atoms. The summed E-state index contributed by atoms with van der Waals surface area (Å²) in [6.07, 6.45) is 8.17. The van der Waals surface area contributed by atoms with Gasteiger partial charge in [0.1, 0.15) is 0 Å². The molecule has 0 N–H and O–H groups in total. The van der Waals surface area contributed by atoms with E-state index >= 15 is 0 Å². The molecule has 0 aliphatic carbocycles. The third-order valence-electron chi connectivity index (χ3n) is 5.01. The van der Waals surface area contributed by atoms with Gasteiger partial charge in [0, 0.05) is 18.5 Å². The Balaban J connectivity index is 1.53. The van der Waals surface area contributed by atoms with Crippen molar-refractivity contribution in [1.82, 2.24) is 40.1 Å². The fourth-order valence-electron chi connectivity index (χ4n) is 3.54. The highest BCUT2D eigenvalue weighted by molar-refractivity contribution is 7.90. The van der Waals surface area contributed by atoms with Crippen LogP contribution in [0.3, 0.4) is 0 Å². The standard InChI is InChI=1S/C17H22N8O2S/c1-28(26,27)16-7-5-14(6-8-16)25-17(19-20-22-25)13-23-10-3-2-4-15(23)12-24-11-9-18-21-24/h5-9,11,15H,2-4,10,12-13H2,1H3/t15-/m1/s1. The monoisotopic (exact) mass is 402 g/mol. The molecule has 1 aromatic carbocycles. The Hall–Kier alpha value is -2.66. The third kappa shape index (κ3) is 4.09. The first-order valence-electron chi connectivity index (χ1n) is 9.16. The first-order valence-corrected chi connectivity index (χ1v) is 11.1. The van der Waals surface area contributed by atoms with Crippen LogP contribution >= 0.6 is 0 Å². The van der Waals surface area contributed by atoms with Crippen LogP contribution in [0.2, 0.25) is 0 Å². The fraction of sp³-hybridized carbons (Fsp3) is 0.471. The molecule has 1 atom stereocenters. The van der Waals surface area contributed by atoms with E-state index in [9.17, 15) is 8.42 Å². The normalized spacial score (nSPS) is 18.4. The maximum absolute atomic E-state index is 11.7. The van der Waals surface area contributed by atoms with Gasteiger partial charge in [0.05, 0.1) is 29.9 Å². The van der Waals surface area contributed by atoms with E-state index in [1.165, 1.54) is 12.7 Å². The molecule has 1 fully saturated rings. The largest absolute Gasteiger partial charge is 0.291 e.